The Hall–Kier alpha value is -1.51. The third-order valence-electron chi connectivity index (χ3n) is 4.10. The summed E-state index contributed by atoms with van der Waals surface area (Å²) >= 11 is 0. The van der Waals surface area contributed by atoms with Crippen LogP contribution >= 0.6 is 0 Å². The fourth-order valence-electron chi connectivity index (χ4n) is 2.94. The fourth-order valence-corrected chi connectivity index (χ4v) is 2.94. The molecular formula is C15H18O3. The molecule has 2 unspecified atom stereocenters. The second-order valence-electron chi connectivity index (χ2n) is 5.33. The van der Waals surface area contributed by atoms with Crippen LogP contribution in [0.1, 0.15) is 35.6 Å². The van der Waals surface area contributed by atoms with E-state index in [0.29, 0.717) is 6.42 Å². The van der Waals surface area contributed by atoms with Crippen molar-refractivity contribution in [2.75, 3.05) is 0 Å². The minimum absolute atomic E-state index is 0.276. The second kappa shape index (κ2) is 4.01. The predicted molar refractivity (Wildman–Crippen MR) is 68.5 cm³/mol. The molecule has 2 atom stereocenters. The Labute approximate surface area is 107 Å². The molecular weight excluding hydrogens is 228 g/mol. The molecule has 0 saturated heterocycles. The van der Waals surface area contributed by atoms with Crippen LogP contribution in [-0.4, -0.2) is 18.5 Å². The van der Waals surface area contributed by atoms with E-state index in [4.69, 9.17) is 9.47 Å². The maximum atomic E-state index is 10.9. The van der Waals surface area contributed by atoms with Gasteiger partial charge in [-0.1, -0.05) is 0 Å². The van der Waals surface area contributed by atoms with E-state index in [0.717, 1.165) is 41.8 Å². The fraction of sp³-hybridized carbons (Fsp3) is 0.533. The van der Waals surface area contributed by atoms with E-state index in [1.165, 1.54) is 11.1 Å². The third kappa shape index (κ3) is 1.53. The highest BCUT2D eigenvalue weighted by molar-refractivity contribution is 5.67. The summed E-state index contributed by atoms with van der Waals surface area (Å²) in [6.45, 7) is 6.23. The van der Waals surface area contributed by atoms with E-state index < -0.39 is 0 Å². The van der Waals surface area contributed by atoms with Gasteiger partial charge in [-0.05, 0) is 44.7 Å². The lowest BCUT2D eigenvalue weighted by atomic mass is 9.90. The van der Waals surface area contributed by atoms with E-state index in [2.05, 4.69) is 13.8 Å². The number of benzene rings is 1. The Morgan fingerprint density at radius 1 is 1.11 bits per heavy atom. The Balaban J connectivity index is 2.17. The van der Waals surface area contributed by atoms with Crippen LogP contribution in [0.25, 0.3) is 0 Å². The van der Waals surface area contributed by atoms with Crippen LogP contribution in [0.3, 0.4) is 0 Å². The first kappa shape index (κ1) is 11.6. The maximum absolute atomic E-state index is 10.9. The van der Waals surface area contributed by atoms with Crippen molar-refractivity contribution in [2.24, 2.45) is 0 Å². The monoisotopic (exact) mass is 246 g/mol. The molecule has 1 aromatic rings. The van der Waals surface area contributed by atoms with Crippen LogP contribution in [-0.2, 0) is 17.6 Å². The summed E-state index contributed by atoms with van der Waals surface area (Å²) in [5.74, 6) is 1.95. The number of hydrogen-bond acceptors (Lipinski definition) is 3. The molecule has 3 heteroatoms. The molecule has 3 rings (SSSR count). The van der Waals surface area contributed by atoms with Gasteiger partial charge in [0.05, 0.1) is 6.10 Å². The van der Waals surface area contributed by atoms with E-state index in [1.807, 2.05) is 6.92 Å². The van der Waals surface area contributed by atoms with Crippen molar-refractivity contribution in [3.63, 3.8) is 0 Å². The molecule has 0 spiro atoms. The van der Waals surface area contributed by atoms with E-state index in [9.17, 15) is 4.79 Å². The molecule has 0 saturated carbocycles. The number of ether oxygens (including phenoxy) is 2. The molecule has 0 bridgehead atoms. The number of fused-ring (bicyclic) bond motifs is 3. The molecule has 3 nitrogen and oxygen atoms in total. The van der Waals surface area contributed by atoms with Gasteiger partial charge in [-0.2, -0.15) is 0 Å². The largest absolute Gasteiger partial charge is 0.490 e. The molecule has 18 heavy (non-hydrogen) atoms. The molecule has 0 radical (unpaired) electrons. The van der Waals surface area contributed by atoms with Crippen LogP contribution in [0.15, 0.2) is 0 Å². The van der Waals surface area contributed by atoms with Crippen LogP contribution < -0.4 is 9.47 Å². The SMILES string of the molecule is Cc1c(C)c2c(c3c1OC(C)CC3)CC(C=O)O2. The van der Waals surface area contributed by atoms with Gasteiger partial charge in [-0.15, -0.1) is 0 Å². The minimum Gasteiger partial charge on any atom is -0.490 e. The van der Waals surface area contributed by atoms with E-state index in [-0.39, 0.29) is 12.2 Å². The summed E-state index contributed by atoms with van der Waals surface area (Å²) in [5.41, 5.74) is 4.72. The predicted octanol–water partition coefficient (Wildman–Crippen LogP) is 2.52. The Kier molecular flexibility index (Phi) is 2.58. The zero-order valence-electron chi connectivity index (χ0n) is 11.1. The minimum atomic E-state index is -0.316. The van der Waals surface area contributed by atoms with Gasteiger partial charge >= 0.3 is 0 Å². The molecule has 1 aromatic carbocycles. The number of aldehydes is 1. The molecule has 2 aliphatic rings. The van der Waals surface area contributed by atoms with Gasteiger partial charge < -0.3 is 9.47 Å². The van der Waals surface area contributed by atoms with Crippen molar-refractivity contribution >= 4 is 6.29 Å². The van der Waals surface area contributed by atoms with E-state index in [1.54, 1.807) is 0 Å². The lowest BCUT2D eigenvalue weighted by molar-refractivity contribution is -0.113. The summed E-state index contributed by atoms with van der Waals surface area (Å²) in [4.78, 5) is 10.9. The molecule has 2 heterocycles. The number of carbonyl (C=O) groups is 1. The molecule has 0 amide bonds. The third-order valence-corrected chi connectivity index (χ3v) is 4.10. The summed E-state index contributed by atoms with van der Waals surface area (Å²) < 4.78 is 11.7. The van der Waals surface area contributed by atoms with E-state index >= 15 is 0 Å². The highest BCUT2D eigenvalue weighted by Gasteiger charge is 2.32. The highest BCUT2D eigenvalue weighted by Crippen LogP contribution is 2.45. The number of hydrogen-bond donors (Lipinski definition) is 0. The first-order valence-electron chi connectivity index (χ1n) is 6.55. The van der Waals surface area contributed by atoms with Crippen LogP contribution in [0.5, 0.6) is 11.5 Å². The van der Waals surface area contributed by atoms with Crippen molar-refractivity contribution in [3.05, 3.63) is 22.3 Å². The van der Waals surface area contributed by atoms with Gasteiger partial charge in [0.1, 0.15) is 11.5 Å². The van der Waals surface area contributed by atoms with Gasteiger partial charge in [-0.25, -0.2) is 0 Å². The van der Waals surface area contributed by atoms with Gasteiger partial charge in [0.2, 0.25) is 0 Å². The average molecular weight is 246 g/mol. The Bertz CT molecular complexity index is 519. The smallest absolute Gasteiger partial charge is 0.160 e. The highest BCUT2D eigenvalue weighted by atomic mass is 16.5. The molecule has 0 aromatic heterocycles. The van der Waals surface area contributed by atoms with Crippen molar-refractivity contribution in [2.45, 2.75) is 52.2 Å². The Morgan fingerprint density at radius 2 is 1.78 bits per heavy atom. The van der Waals surface area contributed by atoms with Gasteiger partial charge in [-0.3, -0.25) is 4.79 Å². The molecule has 0 N–H and O–H groups in total. The molecule has 96 valence electrons. The summed E-state index contributed by atoms with van der Waals surface area (Å²) in [7, 11) is 0. The first-order valence-corrected chi connectivity index (χ1v) is 6.55. The van der Waals surface area contributed by atoms with Crippen LogP contribution in [0.4, 0.5) is 0 Å². The van der Waals surface area contributed by atoms with Crippen LogP contribution in [0.2, 0.25) is 0 Å². The van der Waals surface area contributed by atoms with Crippen molar-refractivity contribution in [3.8, 4) is 11.5 Å². The summed E-state index contributed by atoms with van der Waals surface area (Å²) in [6.07, 6.45) is 3.61. The van der Waals surface area contributed by atoms with Crippen molar-refractivity contribution < 1.29 is 14.3 Å². The lowest BCUT2D eigenvalue weighted by Gasteiger charge is -2.27. The lowest BCUT2D eigenvalue weighted by Crippen LogP contribution is -2.21. The van der Waals surface area contributed by atoms with Crippen molar-refractivity contribution in [1.82, 2.24) is 0 Å². The molecule has 0 fully saturated rings. The number of carbonyl (C=O) groups excluding carboxylic acids is 1. The molecule has 0 aliphatic carbocycles. The van der Waals surface area contributed by atoms with Crippen LogP contribution in [0, 0.1) is 13.8 Å². The quantitative estimate of drug-likeness (QED) is 0.714. The summed E-state index contributed by atoms with van der Waals surface area (Å²) in [6, 6.07) is 0. The standard InChI is InChI=1S/C15H18O3/c1-8-4-5-12-13-6-11(7-16)18-15(13)10(3)9(2)14(12)17-8/h7-8,11H,4-6H2,1-3H3. The summed E-state index contributed by atoms with van der Waals surface area (Å²) in [5, 5.41) is 0. The normalized spacial score (nSPS) is 24.8. The average Bonchev–Trinajstić information content (AvgIpc) is 2.80. The zero-order valence-corrected chi connectivity index (χ0v) is 11.1. The van der Waals surface area contributed by atoms with Crippen molar-refractivity contribution in [1.29, 1.82) is 0 Å². The molecule has 2 aliphatic heterocycles. The van der Waals surface area contributed by atoms with Gasteiger partial charge in [0, 0.05) is 17.5 Å². The van der Waals surface area contributed by atoms with Gasteiger partial charge in [0.25, 0.3) is 0 Å². The van der Waals surface area contributed by atoms with Gasteiger partial charge in [0.15, 0.2) is 12.4 Å². The second-order valence-corrected chi connectivity index (χ2v) is 5.33. The first-order chi connectivity index (χ1) is 8.61. The maximum Gasteiger partial charge on any atom is 0.160 e. The topological polar surface area (TPSA) is 35.5 Å². The number of rotatable bonds is 1. The Morgan fingerprint density at radius 3 is 2.44 bits per heavy atom. The zero-order chi connectivity index (χ0) is 12.9.